The van der Waals surface area contributed by atoms with E-state index in [0.717, 1.165) is 5.57 Å². The van der Waals surface area contributed by atoms with Gasteiger partial charge in [0, 0.05) is 3.58 Å². The molecule has 0 aromatic rings. The Labute approximate surface area is 90.0 Å². The monoisotopic (exact) mass is 296 g/mol. The molecule has 0 amide bonds. The van der Waals surface area contributed by atoms with Crippen LogP contribution in [0.1, 0.15) is 6.92 Å². The Morgan fingerprint density at radius 2 is 2.31 bits per heavy atom. The number of carbonyl (C=O) groups excluding carboxylic acids is 1. The Morgan fingerprint density at radius 1 is 1.69 bits per heavy atom. The minimum Gasteiger partial charge on any atom is -0.468 e. The molecule has 1 aliphatic rings. The Kier molecular flexibility index (Phi) is 3.47. The molecule has 0 radical (unpaired) electrons. The summed E-state index contributed by atoms with van der Waals surface area (Å²) in [6, 6.07) is 0. The molecule has 13 heavy (non-hydrogen) atoms. The maximum Gasteiger partial charge on any atom is 0.315 e. The summed E-state index contributed by atoms with van der Waals surface area (Å²) in [7, 11) is 1.26. The van der Waals surface area contributed by atoms with Gasteiger partial charge >= 0.3 is 5.97 Å². The van der Waals surface area contributed by atoms with Gasteiger partial charge in [-0.2, -0.15) is 0 Å². The van der Waals surface area contributed by atoms with E-state index < -0.39 is 18.1 Å². The van der Waals surface area contributed by atoms with Crippen molar-refractivity contribution in [1.82, 2.24) is 0 Å². The molecule has 0 aromatic carbocycles. The highest BCUT2D eigenvalue weighted by Crippen LogP contribution is 2.31. The maximum absolute atomic E-state index is 13.5. The van der Waals surface area contributed by atoms with E-state index in [1.54, 1.807) is 12.2 Å². The maximum atomic E-state index is 13.5. The second kappa shape index (κ2) is 4.21. The summed E-state index contributed by atoms with van der Waals surface area (Å²) in [4.78, 5) is 11.1. The van der Waals surface area contributed by atoms with Crippen LogP contribution < -0.4 is 0 Å². The molecule has 2 nitrogen and oxygen atoms in total. The van der Waals surface area contributed by atoms with Crippen LogP contribution in [-0.2, 0) is 9.53 Å². The zero-order chi connectivity index (χ0) is 10.0. The molecule has 0 saturated carbocycles. The molecule has 72 valence electrons. The molecule has 0 heterocycles. The van der Waals surface area contributed by atoms with E-state index in [-0.39, 0.29) is 0 Å². The number of methoxy groups -OCH3 is 1. The summed E-state index contributed by atoms with van der Waals surface area (Å²) in [5.41, 5.74) is 0.869. The van der Waals surface area contributed by atoms with Gasteiger partial charge in [-0.1, -0.05) is 12.2 Å². The van der Waals surface area contributed by atoms with Crippen LogP contribution in [0, 0.1) is 5.92 Å². The van der Waals surface area contributed by atoms with Crippen molar-refractivity contribution in [3.63, 3.8) is 0 Å². The van der Waals surface area contributed by atoms with Crippen molar-refractivity contribution >= 4 is 28.6 Å². The zero-order valence-electron chi connectivity index (χ0n) is 7.38. The van der Waals surface area contributed by atoms with Crippen LogP contribution >= 0.6 is 22.6 Å². The summed E-state index contributed by atoms with van der Waals surface area (Å²) < 4.78 is 18.6. The molecule has 0 fully saturated rings. The molecule has 2 atom stereocenters. The second-order valence-electron chi connectivity index (χ2n) is 2.84. The molecule has 0 aromatic heterocycles. The van der Waals surface area contributed by atoms with E-state index in [9.17, 15) is 9.18 Å². The molecule has 4 heteroatoms. The average molecular weight is 296 g/mol. The third-order valence-electron chi connectivity index (χ3n) is 1.96. The van der Waals surface area contributed by atoms with Gasteiger partial charge in [0.1, 0.15) is 12.1 Å². The second-order valence-corrected chi connectivity index (χ2v) is 4.00. The van der Waals surface area contributed by atoms with E-state index in [1.807, 2.05) is 29.5 Å². The molecule has 1 aliphatic carbocycles. The van der Waals surface area contributed by atoms with Crippen molar-refractivity contribution in [2.45, 2.75) is 13.1 Å². The van der Waals surface area contributed by atoms with Gasteiger partial charge in [-0.3, -0.25) is 4.79 Å². The van der Waals surface area contributed by atoms with Crippen LogP contribution in [0.4, 0.5) is 4.39 Å². The Bertz CT molecular complexity index is 283. The number of alkyl halides is 1. The first-order chi connectivity index (χ1) is 6.07. The van der Waals surface area contributed by atoms with Crippen molar-refractivity contribution in [3.8, 4) is 0 Å². The molecular weight excluding hydrogens is 286 g/mol. The highest BCUT2D eigenvalue weighted by molar-refractivity contribution is 14.1. The van der Waals surface area contributed by atoms with Gasteiger partial charge in [-0.15, -0.1) is 0 Å². The fourth-order valence-corrected chi connectivity index (χ4v) is 1.70. The number of allylic oxidation sites excluding steroid dienone is 3. The summed E-state index contributed by atoms with van der Waals surface area (Å²) in [6.45, 7) is 1.82. The number of esters is 1. The minimum absolute atomic E-state index is 0.523. The van der Waals surface area contributed by atoms with Crippen LogP contribution in [-0.4, -0.2) is 19.3 Å². The van der Waals surface area contributed by atoms with Crippen LogP contribution in [0.15, 0.2) is 21.3 Å². The Morgan fingerprint density at radius 3 is 2.85 bits per heavy atom. The number of carbonyl (C=O) groups is 1. The van der Waals surface area contributed by atoms with E-state index in [2.05, 4.69) is 4.74 Å². The molecule has 0 spiro atoms. The van der Waals surface area contributed by atoms with E-state index in [4.69, 9.17) is 0 Å². The van der Waals surface area contributed by atoms with Gasteiger partial charge in [0.25, 0.3) is 0 Å². The molecule has 0 bridgehead atoms. The van der Waals surface area contributed by atoms with Crippen LogP contribution in [0.5, 0.6) is 0 Å². The standard InChI is InChI=1S/C9H10FIO2/c1-5-3-4-6(9(12)13-2)7(10)8(5)11/h3-4,6-7H,1-2H3. The fourth-order valence-electron chi connectivity index (χ4n) is 1.13. The van der Waals surface area contributed by atoms with Crippen molar-refractivity contribution < 1.29 is 13.9 Å². The van der Waals surface area contributed by atoms with E-state index in [0.29, 0.717) is 3.58 Å². The summed E-state index contributed by atoms with van der Waals surface area (Å²) in [6.07, 6.45) is 2.05. The lowest BCUT2D eigenvalue weighted by Gasteiger charge is -2.20. The van der Waals surface area contributed by atoms with Gasteiger partial charge in [0.2, 0.25) is 0 Å². The third-order valence-corrected chi connectivity index (χ3v) is 3.41. The first kappa shape index (κ1) is 10.7. The van der Waals surface area contributed by atoms with Crippen LogP contribution in [0.25, 0.3) is 0 Å². The quantitative estimate of drug-likeness (QED) is 0.548. The van der Waals surface area contributed by atoms with Crippen molar-refractivity contribution in [3.05, 3.63) is 21.3 Å². The van der Waals surface area contributed by atoms with E-state index >= 15 is 0 Å². The van der Waals surface area contributed by atoms with Gasteiger partial charge in [0.15, 0.2) is 0 Å². The van der Waals surface area contributed by atoms with Gasteiger partial charge in [-0.05, 0) is 35.1 Å². The van der Waals surface area contributed by atoms with Crippen LogP contribution in [0.3, 0.4) is 0 Å². The molecule has 0 aliphatic heterocycles. The Hall–Kier alpha value is -0.390. The lowest BCUT2D eigenvalue weighted by Crippen LogP contribution is -2.27. The molecule has 0 saturated heterocycles. The van der Waals surface area contributed by atoms with Crippen molar-refractivity contribution in [1.29, 1.82) is 0 Å². The summed E-state index contributed by atoms with van der Waals surface area (Å²) in [5.74, 6) is -1.30. The highest BCUT2D eigenvalue weighted by atomic mass is 127. The zero-order valence-corrected chi connectivity index (χ0v) is 9.54. The number of hydrogen-bond donors (Lipinski definition) is 0. The minimum atomic E-state index is -1.25. The van der Waals surface area contributed by atoms with Crippen molar-refractivity contribution in [2.24, 2.45) is 5.92 Å². The smallest absolute Gasteiger partial charge is 0.315 e. The lowest BCUT2D eigenvalue weighted by molar-refractivity contribution is -0.145. The first-order valence-electron chi connectivity index (χ1n) is 3.84. The predicted molar refractivity (Wildman–Crippen MR) is 56.3 cm³/mol. The lowest BCUT2D eigenvalue weighted by atomic mass is 9.96. The first-order valence-corrected chi connectivity index (χ1v) is 4.92. The average Bonchev–Trinajstić information content (AvgIpc) is 2.13. The number of halogens is 2. The SMILES string of the molecule is COC(=O)C1C=CC(C)=C(I)C1F. The van der Waals surface area contributed by atoms with Gasteiger partial charge in [0.05, 0.1) is 7.11 Å². The Balaban J connectivity index is 2.87. The summed E-state index contributed by atoms with van der Waals surface area (Å²) in [5, 5.41) is 0. The fraction of sp³-hybridized carbons (Fsp3) is 0.444. The predicted octanol–water partition coefficient (Wildman–Crippen LogP) is 2.39. The number of rotatable bonds is 1. The largest absolute Gasteiger partial charge is 0.468 e. The normalized spacial score (nSPS) is 27.7. The summed E-state index contributed by atoms with van der Waals surface area (Å²) >= 11 is 1.92. The molecule has 2 unspecified atom stereocenters. The molecule has 1 rings (SSSR count). The molecular formula is C9H10FIO2. The van der Waals surface area contributed by atoms with Gasteiger partial charge < -0.3 is 4.74 Å². The third kappa shape index (κ3) is 2.10. The van der Waals surface area contributed by atoms with Gasteiger partial charge in [-0.25, -0.2) is 4.39 Å². The van der Waals surface area contributed by atoms with E-state index in [1.165, 1.54) is 7.11 Å². The van der Waals surface area contributed by atoms with Crippen LogP contribution in [0.2, 0.25) is 0 Å². The molecule has 0 N–H and O–H groups in total. The van der Waals surface area contributed by atoms with Crippen molar-refractivity contribution in [2.75, 3.05) is 7.11 Å². The highest BCUT2D eigenvalue weighted by Gasteiger charge is 2.31. The topological polar surface area (TPSA) is 26.3 Å². The number of hydrogen-bond acceptors (Lipinski definition) is 2. The number of ether oxygens (including phenoxy) is 1.